The molecule has 1 fully saturated rings. The summed E-state index contributed by atoms with van der Waals surface area (Å²) < 4.78 is 48.9. The SMILES string of the molecule is O=S1(=O)CCC(S(=O)(=O)NCCSCCCO)CC1. The second kappa shape index (κ2) is 7.82. The Morgan fingerprint density at radius 2 is 1.84 bits per heavy atom. The zero-order chi connectivity index (χ0) is 14.4. The highest BCUT2D eigenvalue weighted by Gasteiger charge is 2.32. The molecule has 0 radical (unpaired) electrons. The van der Waals surface area contributed by atoms with Crippen LogP contribution in [0.2, 0.25) is 0 Å². The van der Waals surface area contributed by atoms with Crippen molar-refractivity contribution in [1.82, 2.24) is 4.72 Å². The molecule has 9 heteroatoms. The number of sulfonamides is 1. The molecule has 0 unspecified atom stereocenters. The molecule has 1 saturated heterocycles. The normalized spacial score (nSPS) is 20.5. The van der Waals surface area contributed by atoms with E-state index in [4.69, 9.17) is 5.11 Å². The average molecular weight is 331 g/mol. The Hall–Kier alpha value is 0.170. The molecule has 1 heterocycles. The molecule has 0 aromatic heterocycles. The topological polar surface area (TPSA) is 101 Å². The lowest BCUT2D eigenvalue weighted by Crippen LogP contribution is -2.40. The minimum atomic E-state index is -3.40. The standard InChI is InChI=1S/C10H21NO5S3/c12-5-1-6-17-7-4-11-19(15,16)10-2-8-18(13,14)9-3-10/h10-12H,1-9H2. The Morgan fingerprint density at radius 1 is 1.21 bits per heavy atom. The van der Waals surface area contributed by atoms with E-state index in [1.54, 1.807) is 11.8 Å². The first-order valence-electron chi connectivity index (χ1n) is 6.25. The van der Waals surface area contributed by atoms with Gasteiger partial charge in [-0.15, -0.1) is 0 Å². The van der Waals surface area contributed by atoms with E-state index in [0.29, 0.717) is 18.7 Å². The molecule has 0 saturated carbocycles. The van der Waals surface area contributed by atoms with Crippen LogP contribution in [-0.4, -0.2) is 63.4 Å². The van der Waals surface area contributed by atoms with Crippen molar-refractivity contribution < 1.29 is 21.9 Å². The number of sulfone groups is 1. The van der Waals surface area contributed by atoms with Crippen molar-refractivity contribution in [3.05, 3.63) is 0 Å². The lowest BCUT2D eigenvalue weighted by atomic mass is 10.2. The summed E-state index contributed by atoms with van der Waals surface area (Å²) in [6.07, 6.45) is 1.09. The molecule has 114 valence electrons. The van der Waals surface area contributed by atoms with E-state index in [-0.39, 0.29) is 31.0 Å². The molecule has 1 aliphatic rings. The van der Waals surface area contributed by atoms with Crippen LogP contribution < -0.4 is 4.72 Å². The Balaban J connectivity index is 2.28. The van der Waals surface area contributed by atoms with Crippen molar-refractivity contribution in [2.45, 2.75) is 24.5 Å². The van der Waals surface area contributed by atoms with Gasteiger partial charge in [0.1, 0.15) is 9.84 Å². The fraction of sp³-hybridized carbons (Fsp3) is 1.00. The highest BCUT2D eigenvalue weighted by Crippen LogP contribution is 2.18. The van der Waals surface area contributed by atoms with Crippen LogP contribution in [-0.2, 0) is 19.9 Å². The third-order valence-corrected chi connectivity index (χ3v) is 7.68. The number of aliphatic hydroxyl groups is 1. The molecule has 2 N–H and O–H groups in total. The summed E-state index contributed by atoms with van der Waals surface area (Å²) >= 11 is 1.58. The maximum atomic E-state index is 11.9. The summed E-state index contributed by atoms with van der Waals surface area (Å²) in [5, 5.41) is 8.01. The van der Waals surface area contributed by atoms with Gasteiger partial charge in [0.25, 0.3) is 0 Å². The molecule has 0 bridgehead atoms. The number of rotatable bonds is 8. The van der Waals surface area contributed by atoms with Gasteiger partial charge in [-0.25, -0.2) is 21.6 Å². The smallest absolute Gasteiger partial charge is 0.214 e. The lowest BCUT2D eigenvalue weighted by molar-refractivity contribution is 0.296. The zero-order valence-electron chi connectivity index (χ0n) is 10.7. The second-order valence-electron chi connectivity index (χ2n) is 4.48. The van der Waals surface area contributed by atoms with Gasteiger partial charge in [0, 0.05) is 18.9 Å². The van der Waals surface area contributed by atoms with Crippen LogP contribution in [0.4, 0.5) is 0 Å². The van der Waals surface area contributed by atoms with E-state index in [2.05, 4.69) is 4.72 Å². The van der Waals surface area contributed by atoms with Gasteiger partial charge in [0.05, 0.1) is 16.8 Å². The van der Waals surface area contributed by atoms with Gasteiger partial charge in [0.15, 0.2) is 0 Å². The van der Waals surface area contributed by atoms with Gasteiger partial charge < -0.3 is 5.11 Å². The summed E-state index contributed by atoms with van der Waals surface area (Å²) in [4.78, 5) is 0. The van der Waals surface area contributed by atoms with Crippen LogP contribution in [0.5, 0.6) is 0 Å². The fourth-order valence-corrected chi connectivity index (χ4v) is 6.00. The first-order chi connectivity index (χ1) is 8.87. The molecule has 0 aliphatic carbocycles. The van der Waals surface area contributed by atoms with Crippen LogP contribution in [0.15, 0.2) is 0 Å². The maximum Gasteiger partial charge on any atom is 0.214 e. The highest BCUT2D eigenvalue weighted by atomic mass is 32.2. The van der Waals surface area contributed by atoms with Gasteiger partial charge in [-0.05, 0) is 25.0 Å². The number of hydrogen-bond acceptors (Lipinski definition) is 6. The zero-order valence-corrected chi connectivity index (χ0v) is 13.2. The molecule has 6 nitrogen and oxygen atoms in total. The molecule has 0 aromatic rings. The van der Waals surface area contributed by atoms with Crippen LogP contribution in [0, 0.1) is 0 Å². The molecule has 1 rings (SSSR count). The summed E-state index contributed by atoms with van der Waals surface area (Å²) in [6, 6.07) is 0. The Labute approximate surface area is 119 Å². The molecule has 0 amide bonds. The first kappa shape index (κ1) is 17.2. The lowest BCUT2D eigenvalue weighted by Gasteiger charge is -2.22. The van der Waals surface area contributed by atoms with E-state index in [0.717, 1.165) is 5.75 Å². The molecule has 19 heavy (non-hydrogen) atoms. The van der Waals surface area contributed by atoms with Crippen LogP contribution >= 0.6 is 11.8 Å². The summed E-state index contributed by atoms with van der Waals surface area (Å²) in [5.41, 5.74) is 0. The van der Waals surface area contributed by atoms with Gasteiger partial charge in [-0.3, -0.25) is 0 Å². The van der Waals surface area contributed by atoms with Crippen molar-refractivity contribution >= 4 is 31.6 Å². The van der Waals surface area contributed by atoms with Gasteiger partial charge in [0.2, 0.25) is 10.0 Å². The van der Waals surface area contributed by atoms with Gasteiger partial charge >= 0.3 is 0 Å². The molecular weight excluding hydrogens is 310 g/mol. The van der Waals surface area contributed by atoms with Gasteiger partial charge in [-0.1, -0.05) is 0 Å². The summed E-state index contributed by atoms with van der Waals surface area (Å²) in [7, 11) is -6.43. The monoisotopic (exact) mass is 331 g/mol. The Morgan fingerprint density at radius 3 is 2.42 bits per heavy atom. The van der Waals surface area contributed by atoms with Crippen molar-refractivity contribution in [2.24, 2.45) is 0 Å². The highest BCUT2D eigenvalue weighted by molar-refractivity contribution is 7.99. The number of nitrogens with one attached hydrogen (secondary N) is 1. The third kappa shape index (κ3) is 6.44. The first-order valence-corrected chi connectivity index (χ1v) is 10.8. The van der Waals surface area contributed by atoms with E-state index < -0.39 is 25.1 Å². The largest absolute Gasteiger partial charge is 0.396 e. The Kier molecular flexibility index (Phi) is 7.09. The number of aliphatic hydroxyl groups excluding tert-OH is 1. The summed E-state index contributed by atoms with van der Waals surface area (Å²) in [6.45, 7) is 0.497. The van der Waals surface area contributed by atoms with Crippen molar-refractivity contribution in [2.75, 3.05) is 36.2 Å². The molecule has 0 aromatic carbocycles. The van der Waals surface area contributed by atoms with Crippen molar-refractivity contribution in [3.63, 3.8) is 0 Å². The quantitative estimate of drug-likeness (QED) is 0.587. The minimum absolute atomic E-state index is 0.0379. The predicted octanol–water partition coefficient (Wildman–Crippen LogP) is -0.401. The fourth-order valence-electron chi connectivity index (χ4n) is 1.82. The second-order valence-corrected chi connectivity index (χ2v) is 10.1. The minimum Gasteiger partial charge on any atom is -0.396 e. The predicted molar refractivity (Wildman–Crippen MR) is 77.6 cm³/mol. The third-order valence-electron chi connectivity index (χ3n) is 2.94. The van der Waals surface area contributed by atoms with Crippen LogP contribution in [0.3, 0.4) is 0 Å². The van der Waals surface area contributed by atoms with Crippen LogP contribution in [0.25, 0.3) is 0 Å². The van der Waals surface area contributed by atoms with E-state index >= 15 is 0 Å². The van der Waals surface area contributed by atoms with Crippen molar-refractivity contribution in [3.8, 4) is 0 Å². The van der Waals surface area contributed by atoms with E-state index in [9.17, 15) is 16.8 Å². The van der Waals surface area contributed by atoms with Gasteiger partial charge in [-0.2, -0.15) is 11.8 Å². The average Bonchev–Trinajstić information content (AvgIpc) is 2.33. The molecule has 0 atom stereocenters. The van der Waals surface area contributed by atoms with Crippen LogP contribution in [0.1, 0.15) is 19.3 Å². The number of thioether (sulfide) groups is 1. The summed E-state index contributed by atoms with van der Waals surface area (Å²) in [5.74, 6) is 1.39. The van der Waals surface area contributed by atoms with Crippen molar-refractivity contribution in [1.29, 1.82) is 0 Å². The number of hydrogen-bond donors (Lipinski definition) is 2. The Bertz CT molecular complexity index is 446. The van der Waals surface area contributed by atoms with E-state index in [1.807, 2.05) is 0 Å². The molecular formula is C10H21NO5S3. The van der Waals surface area contributed by atoms with E-state index in [1.165, 1.54) is 0 Å². The molecule has 0 spiro atoms. The maximum absolute atomic E-state index is 11.9. The molecule has 1 aliphatic heterocycles.